The second-order valence-electron chi connectivity index (χ2n) is 7.35. The van der Waals surface area contributed by atoms with Crippen molar-refractivity contribution in [2.24, 2.45) is 5.92 Å². The molecule has 0 radical (unpaired) electrons. The summed E-state index contributed by atoms with van der Waals surface area (Å²) in [7, 11) is 0. The van der Waals surface area contributed by atoms with E-state index in [4.69, 9.17) is 4.74 Å². The van der Waals surface area contributed by atoms with Gasteiger partial charge in [-0.25, -0.2) is 4.98 Å². The van der Waals surface area contributed by atoms with E-state index >= 15 is 0 Å². The summed E-state index contributed by atoms with van der Waals surface area (Å²) >= 11 is 0. The number of fused-ring (bicyclic) bond motifs is 1. The van der Waals surface area contributed by atoms with E-state index in [0.717, 1.165) is 63.0 Å². The summed E-state index contributed by atoms with van der Waals surface area (Å²) in [4.78, 5) is 14.0. The van der Waals surface area contributed by atoms with Crippen molar-refractivity contribution in [2.75, 3.05) is 50.8 Å². The largest absolute Gasteiger partial charge is 0.381 e. The van der Waals surface area contributed by atoms with E-state index in [1.807, 2.05) is 22.7 Å². The maximum Gasteiger partial charge on any atom is 0.254 e. The van der Waals surface area contributed by atoms with E-state index in [2.05, 4.69) is 43.1 Å². The molecule has 0 aliphatic carbocycles. The zero-order valence-corrected chi connectivity index (χ0v) is 15.4. The third-order valence-corrected chi connectivity index (χ3v) is 5.54. The van der Waals surface area contributed by atoms with Crippen LogP contribution in [-0.2, 0) is 4.74 Å². The SMILES string of the molecule is c1ccc(-c2cc(N3CCN(CC4CCOC4)CC3)n3ncnc3n2)cc1. The van der Waals surface area contributed by atoms with Crippen LogP contribution in [-0.4, -0.2) is 70.4 Å². The molecule has 1 atom stereocenters. The van der Waals surface area contributed by atoms with Gasteiger partial charge in [0.15, 0.2) is 0 Å². The maximum absolute atomic E-state index is 5.52. The number of ether oxygens (including phenoxy) is 1. The quantitative estimate of drug-likeness (QED) is 0.705. The summed E-state index contributed by atoms with van der Waals surface area (Å²) in [5.74, 6) is 2.42. The zero-order valence-electron chi connectivity index (χ0n) is 15.4. The molecule has 2 fully saturated rings. The van der Waals surface area contributed by atoms with Crippen LogP contribution in [0.3, 0.4) is 0 Å². The Kier molecular flexibility index (Phi) is 4.47. The van der Waals surface area contributed by atoms with Gasteiger partial charge in [0.1, 0.15) is 12.1 Å². The van der Waals surface area contributed by atoms with Gasteiger partial charge in [0.2, 0.25) is 0 Å². The van der Waals surface area contributed by atoms with Gasteiger partial charge in [-0.3, -0.25) is 4.90 Å². The fourth-order valence-electron chi connectivity index (χ4n) is 4.03. The number of aromatic nitrogens is 4. The van der Waals surface area contributed by atoms with Crippen LogP contribution in [0.4, 0.5) is 5.82 Å². The maximum atomic E-state index is 5.52. The number of piperazine rings is 1. The van der Waals surface area contributed by atoms with Crippen LogP contribution < -0.4 is 4.90 Å². The molecule has 3 aromatic rings. The highest BCUT2D eigenvalue weighted by Gasteiger charge is 2.24. The topological polar surface area (TPSA) is 58.8 Å². The Balaban J connectivity index is 1.37. The molecule has 0 spiro atoms. The highest BCUT2D eigenvalue weighted by molar-refractivity contribution is 5.65. The van der Waals surface area contributed by atoms with Gasteiger partial charge in [0.05, 0.1) is 12.3 Å². The molecule has 7 heteroatoms. The molecule has 0 N–H and O–H groups in total. The summed E-state index contributed by atoms with van der Waals surface area (Å²) < 4.78 is 7.38. The van der Waals surface area contributed by atoms with E-state index in [9.17, 15) is 0 Å². The Bertz CT molecular complexity index is 897. The Morgan fingerprint density at radius 1 is 1.07 bits per heavy atom. The van der Waals surface area contributed by atoms with Gasteiger partial charge in [0, 0.05) is 51.0 Å². The van der Waals surface area contributed by atoms with Gasteiger partial charge in [-0.05, 0) is 12.3 Å². The van der Waals surface area contributed by atoms with Crippen LogP contribution in [0.1, 0.15) is 6.42 Å². The van der Waals surface area contributed by atoms with Crippen LogP contribution >= 0.6 is 0 Å². The van der Waals surface area contributed by atoms with E-state index in [-0.39, 0.29) is 0 Å². The van der Waals surface area contributed by atoms with Gasteiger partial charge in [-0.2, -0.15) is 14.6 Å². The van der Waals surface area contributed by atoms with Crippen molar-refractivity contribution in [3.05, 3.63) is 42.7 Å². The second-order valence-corrected chi connectivity index (χ2v) is 7.35. The Morgan fingerprint density at radius 3 is 2.70 bits per heavy atom. The van der Waals surface area contributed by atoms with E-state index in [1.54, 1.807) is 6.33 Å². The molecule has 0 bridgehead atoms. The molecule has 2 saturated heterocycles. The third-order valence-electron chi connectivity index (χ3n) is 5.54. The molecule has 5 rings (SSSR count). The first kappa shape index (κ1) is 16.6. The molecule has 1 unspecified atom stereocenters. The first-order chi connectivity index (χ1) is 13.4. The molecular formula is C20H24N6O. The van der Waals surface area contributed by atoms with Crippen molar-refractivity contribution in [1.82, 2.24) is 24.5 Å². The van der Waals surface area contributed by atoms with Gasteiger partial charge in [-0.15, -0.1) is 0 Å². The summed E-state index contributed by atoms with van der Waals surface area (Å²) in [6.07, 6.45) is 2.78. The molecule has 2 aliphatic heterocycles. The highest BCUT2D eigenvalue weighted by Crippen LogP contribution is 2.25. The first-order valence-corrected chi connectivity index (χ1v) is 9.68. The lowest BCUT2D eigenvalue weighted by Crippen LogP contribution is -2.48. The standard InChI is InChI=1S/C20H24N6O/c1-2-4-17(5-3-1)18-12-19(26-20(23-18)21-15-22-26)25-9-7-24(8-10-25)13-16-6-11-27-14-16/h1-5,12,15-16H,6-11,13-14H2. The average molecular weight is 364 g/mol. The highest BCUT2D eigenvalue weighted by atomic mass is 16.5. The third kappa shape index (κ3) is 3.40. The minimum Gasteiger partial charge on any atom is -0.381 e. The van der Waals surface area contributed by atoms with Gasteiger partial charge in [0.25, 0.3) is 5.78 Å². The number of hydrogen-bond acceptors (Lipinski definition) is 6. The lowest BCUT2D eigenvalue weighted by atomic mass is 10.1. The van der Waals surface area contributed by atoms with Gasteiger partial charge < -0.3 is 9.64 Å². The van der Waals surface area contributed by atoms with E-state index in [1.165, 1.54) is 6.42 Å². The summed E-state index contributed by atoms with van der Waals surface area (Å²) in [5, 5.41) is 4.40. The van der Waals surface area contributed by atoms with Crippen LogP contribution in [0.15, 0.2) is 42.7 Å². The Hall–Kier alpha value is -2.51. The lowest BCUT2D eigenvalue weighted by molar-refractivity contribution is 0.164. The number of anilines is 1. The predicted octanol–water partition coefficient (Wildman–Crippen LogP) is 1.95. The van der Waals surface area contributed by atoms with E-state index in [0.29, 0.717) is 11.7 Å². The number of nitrogens with zero attached hydrogens (tertiary/aromatic N) is 6. The minimum atomic E-state index is 0.650. The first-order valence-electron chi connectivity index (χ1n) is 9.68. The number of hydrogen-bond donors (Lipinski definition) is 0. The molecule has 2 aromatic heterocycles. The van der Waals surface area contributed by atoms with Crippen LogP contribution in [0.2, 0.25) is 0 Å². The van der Waals surface area contributed by atoms with Crippen molar-refractivity contribution in [3.63, 3.8) is 0 Å². The van der Waals surface area contributed by atoms with Gasteiger partial charge >= 0.3 is 0 Å². The molecule has 0 saturated carbocycles. The molecule has 4 heterocycles. The lowest BCUT2D eigenvalue weighted by Gasteiger charge is -2.36. The van der Waals surface area contributed by atoms with Crippen molar-refractivity contribution in [1.29, 1.82) is 0 Å². The predicted molar refractivity (Wildman–Crippen MR) is 104 cm³/mol. The van der Waals surface area contributed by atoms with Crippen LogP contribution in [0.5, 0.6) is 0 Å². The summed E-state index contributed by atoms with van der Waals surface area (Å²) in [5.41, 5.74) is 2.04. The molecule has 27 heavy (non-hydrogen) atoms. The van der Waals surface area contributed by atoms with E-state index < -0.39 is 0 Å². The van der Waals surface area contributed by atoms with Crippen molar-refractivity contribution in [3.8, 4) is 11.3 Å². The average Bonchev–Trinajstić information content (AvgIpc) is 3.40. The van der Waals surface area contributed by atoms with Gasteiger partial charge in [-0.1, -0.05) is 30.3 Å². The van der Waals surface area contributed by atoms with Crippen molar-refractivity contribution in [2.45, 2.75) is 6.42 Å². The Labute approximate surface area is 158 Å². The monoisotopic (exact) mass is 364 g/mol. The molecule has 0 amide bonds. The summed E-state index contributed by atoms with van der Waals surface area (Å²) in [6.45, 7) is 7.10. The fraction of sp³-hybridized carbons (Fsp3) is 0.450. The molecular weight excluding hydrogens is 340 g/mol. The fourth-order valence-corrected chi connectivity index (χ4v) is 4.03. The molecule has 1 aromatic carbocycles. The number of rotatable bonds is 4. The second kappa shape index (κ2) is 7.25. The van der Waals surface area contributed by atoms with Crippen LogP contribution in [0, 0.1) is 5.92 Å². The summed E-state index contributed by atoms with van der Waals surface area (Å²) in [6, 6.07) is 12.4. The molecule has 7 nitrogen and oxygen atoms in total. The number of benzene rings is 1. The smallest absolute Gasteiger partial charge is 0.254 e. The van der Waals surface area contributed by atoms with Crippen molar-refractivity contribution >= 4 is 11.6 Å². The molecule has 2 aliphatic rings. The minimum absolute atomic E-state index is 0.650. The zero-order chi connectivity index (χ0) is 18.1. The van der Waals surface area contributed by atoms with Crippen LogP contribution in [0.25, 0.3) is 17.0 Å². The normalized spacial score (nSPS) is 21.2. The van der Waals surface area contributed by atoms with Crippen molar-refractivity contribution < 1.29 is 4.74 Å². The Morgan fingerprint density at radius 2 is 1.93 bits per heavy atom. The molecule has 140 valence electrons.